The molecule has 6 aromatic rings. The Bertz CT molecular complexity index is 2990. The van der Waals surface area contributed by atoms with Gasteiger partial charge in [0.25, 0.3) is 0 Å². The third-order valence-corrected chi connectivity index (χ3v) is 15.4. The topological polar surface area (TPSA) is 198 Å². The molecule has 4 N–H and O–H groups in total. The number of H-pyrrole nitrogens is 2. The number of thiophene rings is 1. The first-order chi connectivity index (χ1) is 34.0. The van der Waals surface area contributed by atoms with E-state index in [1.807, 2.05) is 58.0 Å². The summed E-state index contributed by atoms with van der Waals surface area (Å²) in [6, 6.07) is 13.3. The lowest BCUT2D eigenvalue weighted by Crippen LogP contribution is -2.51. The molecule has 0 aliphatic carbocycles. The molecule has 2 saturated heterocycles. The molecule has 4 amide bonds. The normalized spacial score (nSPS) is 17.6. The minimum Gasteiger partial charge on any atom is -0.464 e. The van der Waals surface area contributed by atoms with Crippen molar-refractivity contribution in [2.45, 2.75) is 103 Å². The van der Waals surface area contributed by atoms with Crippen LogP contribution in [0.4, 0.5) is 14.0 Å². The Morgan fingerprint density at radius 2 is 1.32 bits per heavy atom. The molecule has 1 unspecified atom stereocenters. The number of hydrogen-bond acceptors (Lipinski definition) is 11. The summed E-state index contributed by atoms with van der Waals surface area (Å²) >= 11 is 1.63. The van der Waals surface area contributed by atoms with Gasteiger partial charge in [0.2, 0.25) is 18.0 Å². The molecule has 9 rings (SSSR count). The first-order valence-electron chi connectivity index (χ1n) is 24.2. The van der Waals surface area contributed by atoms with Gasteiger partial charge in [-0.2, -0.15) is 54.0 Å². The zero-order valence-electron chi connectivity index (χ0n) is 43.6. The first-order valence-corrected chi connectivity index (χ1v) is 25.0. The predicted molar refractivity (Wildman–Crippen MR) is 308 cm³/mol. The van der Waals surface area contributed by atoms with E-state index in [9.17, 15) is 19.2 Å². The van der Waals surface area contributed by atoms with Crippen molar-refractivity contribution in [1.82, 2.24) is 44.9 Å². The van der Waals surface area contributed by atoms with Gasteiger partial charge in [0, 0.05) is 47.0 Å². The third kappa shape index (κ3) is 11.8. The van der Waals surface area contributed by atoms with Crippen LogP contribution in [-0.4, -0.2) is 111 Å². The number of aromatic nitrogens is 5. The number of likely N-dealkylation sites (tertiary alicyclic amines) is 2. The van der Waals surface area contributed by atoms with Gasteiger partial charge in [0.05, 0.1) is 78.3 Å². The summed E-state index contributed by atoms with van der Waals surface area (Å²) in [5.74, 6) is 0.351. The molecule has 4 aromatic heterocycles. The molecular weight excluding hydrogens is 1060 g/mol. The highest BCUT2D eigenvalue weighted by Crippen LogP contribution is 2.49. The van der Waals surface area contributed by atoms with Crippen LogP contribution in [0.3, 0.4) is 0 Å². The van der Waals surface area contributed by atoms with Crippen LogP contribution in [0.15, 0.2) is 60.9 Å². The van der Waals surface area contributed by atoms with E-state index in [4.69, 9.17) is 28.9 Å². The molecule has 3 aliphatic rings. The molecule has 2 fully saturated rings. The zero-order chi connectivity index (χ0) is 50.5. The SMILES string of the molecule is COCC(C)(C)c1ccc(C2Oc3cc(-c4cnc([C@@H]5CCCN5C(=O)[C@@H](NC(=O)OC)C(C)C)[nH]4)cc(F)c3-c3cc4cc(-c5cnc([C@@H]6CCCN6C(=O)[C@@H](NC(=O)OC)C(C)C)[nH]5)ccc4n32)s1.S.S.S.S. The van der Waals surface area contributed by atoms with Crippen LogP contribution >= 0.6 is 65.3 Å². The summed E-state index contributed by atoms with van der Waals surface area (Å²) in [5.41, 5.74) is 4.24. The highest BCUT2D eigenvalue weighted by molar-refractivity contribution is 7.59. The average molecular weight is 1130 g/mol. The number of methoxy groups -OCH3 is 3. The molecule has 17 nitrogen and oxygen atoms in total. The summed E-state index contributed by atoms with van der Waals surface area (Å²) in [4.78, 5) is 73.9. The van der Waals surface area contributed by atoms with Gasteiger partial charge in [-0.1, -0.05) is 47.6 Å². The van der Waals surface area contributed by atoms with E-state index in [0.29, 0.717) is 72.5 Å². The van der Waals surface area contributed by atoms with Crippen LogP contribution in [0.5, 0.6) is 5.75 Å². The summed E-state index contributed by atoms with van der Waals surface area (Å²) in [6.45, 7) is 13.3. The van der Waals surface area contributed by atoms with Crippen molar-refractivity contribution in [3.63, 3.8) is 0 Å². The minimum absolute atomic E-state index is 0. The van der Waals surface area contributed by atoms with E-state index in [1.54, 1.807) is 40.6 Å². The van der Waals surface area contributed by atoms with Crippen LogP contribution < -0.4 is 15.4 Å². The van der Waals surface area contributed by atoms with Gasteiger partial charge in [-0.25, -0.2) is 23.9 Å². The number of fused-ring (bicyclic) bond motifs is 5. The van der Waals surface area contributed by atoms with Crippen molar-refractivity contribution >= 4 is 100 Å². The first kappa shape index (κ1) is 60.5. The smallest absolute Gasteiger partial charge is 0.407 e. The van der Waals surface area contributed by atoms with E-state index in [-0.39, 0.29) is 95.1 Å². The predicted octanol–water partition coefficient (Wildman–Crippen LogP) is 9.69. The number of ether oxygens (including phenoxy) is 4. The minimum atomic E-state index is -0.780. The summed E-state index contributed by atoms with van der Waals surface area (Å²) in [5, 5.41) is 6.25. The number of benzene rings is 2. The number of imidazole rings is 2. The van der Waals surface area contributed by atoms with Crippen molar-refractivity contribution < 1.29 is 42.5 Å². The van der Waals surface area contributed by atoms with Crippen LogP contribution in [0.25, 0.3) is 44.7 Å². The number of carbonyl (C=O) groups excluding carboxylic acids is 4. The Morgan fingerprint density at radius 1 is 0.773 bits per heavy atom. The number of nitrogens with zero attached hydrogens (tertiary/aromatic N) is 5. The Balaban J connectivity index is 0.00000260. The molecule has 75 heavy (non-hydrogen) atoms. The van der Waals surface area contributed by atoms with Gasteiger partial charge < -0.3 is 49.3 Å². The number of halogens is 1. The van der Waals surface area contributed by atoms with Gasteiger partial charge >= 0.3 is 12.2 Å². The second kappa shape index (κ2) is 24.8. The summed E-state index contributed by atoms with van der Waals surface area (Å²) in [6.07, 6.45) is 4.37. The van der Waals surface area contributed by atoms with Crippen molar-refractivity contribution in [1.29, 1.82) is 0 Å². The molecule has 408 valence electrons. The second-order valence-electron chi connectivity index (χ2n) is 20.0. The lowest BCUT2D eigenvalue weighted by Gasteiger charge is -2.30. The molecule has 0 bridgehead atoms. The van der Waals surface area contributed by atoms with Crippen molar-refractivity contribution in [3.05, 3.63) is 88.1 Å². The quantitative estimate of drug-likeness (QED) is 0.0815. The van der Waals surface area contributed by atoms with Crippen molar-refractivity contribution in [2.24, 2.45) is 11.8 Å². The monoisotopic (exact) mass is 1130 g/mol. The number of alkyl carbamates (subject to hydrolysis) is 2. The van der Waals surface area contributed by atoms with Crippen LogP contribution in [0.1, 0.15) is 107 Å². The Morgan fingerprint density at radius 3 is 1.84 bits per heavy atom. The molecule has 0 radical (unpaired) electrons. The maximum Gasteiger partial charge on any atom is 0.407 e. The van der Waals surface area contributed by atoms with E-state index in [0.717, 1.165) is 44.8 Å². The second-order valence-corrected chi connectivity index (χ2v) is 21.1. The number of rotatable bonds is 14. The van der Waals surface area contributed by atoms with Crippen LogP contribution in [-0.2, 0) is 29.2 Å². The standard InChI is InChI=1S/C52H62FN9O8S.4H2S/c1-27(2)43(58-50(65)68-8)47(63)60-18-10-12-36(60)45-54-24-33(56-45)29-14-15-35-31(20-29)22-38-42-32(53)21-30(23-39(42)70-49(62(35)38)40-16-17-41(71-40)52(5,6)26-67-7)34-25-55-46(57-34)37-13-11-19-61(37)48(64)44(28(3)4)59-51(66)69-9;;;;/h14-17,20-25,27-28,36-37,43-44,49H,10-13,18-19,26H2,1-9H3,(H,54,56)(H,55,57)(H,58,65)(H,59,66);4*1H2/t36-,37-,43-,44-,49?;;;;/m0..../s1. The van der Waals surface area contributed by atoms with Crippen LogP contribution in [0, 0.1) is 17.7 Å². The molecule has 3 aliphatic heterocycles. The number of nitrogens with one attached hydrogen (secondary N) is 4. The lowest BCUT2D eigenvalue weighted by atomic mass is 9.93. The van der Waals surface area contributed by atoms with Crippen LogP contribution in [0.2, 0.25) is 0 Å². The fourth-order valence-electron chi connectivity index (χ4n) is 10.3. The maximum absolute atomic E-state index is 17.0. The van der Waals surface area contributed by atoms with E-state index in [1.165, 1.54) is 20.3 Å². The largest absolute Gasteiger partial charge is 0.464 e. The number of carbonyl (C=O) groups is 4. The van der Waals surface area contributed by atoms with E-state index in [2.05, 4.69) is 51.1 Å². The van der Waals surface area contributed by atoms with Gasteiger partial charge in [0.1, 0.15) is 35.3 Å². The van der Waals surface area contributed by atoms with Gasteiger partial charge in [-0.15, -0.1) is 11.3 Å². The number of amides is 4. The Labute approximate surface area is 468 Å². The average Bonchev–Trinajstić information content (AvgIpc) is 4.20. The van der Waals surface area contributed by atoms with Gasteiger partial charge in [-0.05, 0) is 80.0 Å². The number of aromatic amines is 2. The summed E-state index contributed by atoms with van der Waals surface area (Å²) < 4.78 is 41.2. The van der Waals surface area contributed by atoms with Crippen molar-refractivity contribution in [2.75, 3.05) is 41.0 Å². The van der Waals surface area contributed by atoms with Crippen molar-refractivity contribution in [3.8, 4) is 39.5 Å². The number of hydrogen-bond donors (Lipinski definition) is 4. The van der Waals surface area contributed by atoms with Gasteiger partial charge in [-0.3, -0.25) is 14.2 Å². The lowest BCUT2D eigenvalue weighted by molar-refractivity contribution is -0.136. The molecule has 7 heterocycles. The Kier molecular flexibility index (Phi) is 20.0. The highest BCUT2D eigenvalue weighted by Gasteiger charge is 2.40. The fraction of sp³-hybridized carbons (Fsp3) is 0.462. The van der Waals surface area contributed by atoms with E-state index < -0.39 is 36.3 Å². The molecule has 0 saturated carbocycles. The molecule has 0 spiro atoms. The van der Waals surface area contributed by atoms with E-state index >= 15 is 4.39 Å². The maximum atomic E-state index is 17.0. The molecule has 5 atom stereocenters. The molecule has 23 heteroatoms. The fourth-order valence-corrected chi connectivity index (χ4v) is 11.4. The highest BCUT2D eigenvalue weighted by atomic mass is 32.1. The molecule has 2 aromatic carbocycles. The zero-order valence-corrected chi connectivity index (χ0v) is 48.4. The summed E-state index contributed by atoms with van der Waals surface area (Å²) in [7, 11) is 4.24. The Hall–Kier alpha value is -5.33. The molecular formula is C52H70FN9O8S5. The third-order valence-electron chi connectivity index (χ3n) is 14.0. The van der Waals surface area contributed by atoms with Gasteiger partial charge in [0.15, 0.2) is 0 Å².